The molecular weight excluding hydrogens is 178 g/mol. The largest absolute Gasteiger partial charge is 0.464 e. The number of hydrogen-bond acceptors (Lipinski definition) is 3. The predicted molar refractivity (Wildman–Crippen MR) is 54.8 cm³/mol. The minimum absolute atomic E-state index is 0.0979. The molecule has 1 atom stereocenters. The molecule has 0 unspecified atom stereocenters. The molecule has 0 aliphatic heterocycles. The molecular formula is C11H13NO2. The lowest BCUT2D eigenvalue weighted by Crippen LogP contribution is -2.11. The van der Waals surface area contributed by atoms with E-state index in [-0.39, 0.29) is 12.6 Å². The SMILES string of the molecule is N[C@H](CCO)c1coc2ccccc12. The van der Waals surface area contributed by atoms with Crippen molar-refractivity contribution in [2.75, 3.05) is 6.61 Å². The summed E-state index contributed by atoms with van der Waals surface area (Å²) in [6, 6.07) is 7.61. The van der Waals surface area contributed by atoms with E-state index in [4.69, 9.17) is 15.3 Å². The molecule has 0 radical (unpaired) electrons. The van der Waals surface area contributed by atoms with Crippen molar-refractivity contribution in [3.8, 4) is 0 Å². The Kier molecular flexibility index (Phi) is 2.52. The number of aliphatic hydroxyl groups is 1. The van der Waals surface area contributed by atoms with Gasteiger partial charge in [-0.25, -0.2) is 0 Å². The summed E-state index contributed by atoms with van der Waals surface area (Å²) < 4.78 is 5.35. The van der Waals surface area contributed by atoms with Crippen molar-refractivity contribution >= 4 is 11.0 Å². The molecule has 1 aromatic heterocycles. The first-order chi connectivity index (χ1) is 6.83. The Labute approximate surface area is 82.1 Å². The van der Waals surface area contributed by atoms with Crippen molar-refractivity contribution in [2.24, 2.45) is 5.73 Å². The smallest absolute Gasteiger partial charge is 0.134 e. The number of nitrogens with two attached hydrogens (primary N) is 1. The molecule has 3 heteroatoms. The average molecular weight is 191 g/mol. The second-order valence-electron chi connectivity index (χ2n) is 3.31. The van der Waals surface area contributed by atoms with Gasteiger partial charge in [0.2, 0.25) is 0 Å². The number of benzene rings is 1. The van der Waals surface area contributed by atoms with E-state index in [0.29, 0.717) is 6.42 Å². The first-order valence-corrected chi connectivity index (χ1v) is 4.65. The van der Waals surface area contributed by atoms with Crippen molar-refractivity contribution < 1.29 is 9.52 Å². The Morgan fingerprint density at radius 3 is 2.93 bits per heavy atom. The van der Waals surface area contributed by atoms with Gasteiger partial charge in [-0.05, 0) is 12.5 Å². The second kappa shape index (κ2) is 3.82. The van der Waals surface area contributed by atoms with E-state index in [9.17, 15) is 0 Å². The molecule has 2 aromatic rings. The van der Waals surface area contributed by atoms with Crippen LogP contribution in [-0.2, 0) is 0 Å². The minimum atomic E-state index is -0.149. The zero-order valence-corrected chi connectivity index (χ0v) is 7.81. The molecule has 0 amide bonds. The van der Waals surface area contributed by atoms with E-state index in [2.05, 4.69) is 0 Å². The van der Waals surface area contributed by atoms with E-state index < -0.39 is 0 Å². The predicted octanol–water partition coefficient (Wildman–Crippen LogP) is 1.81. The van der Waals surface area contributed by atoms with Crippen LogP contribution in [0, 0.1) is 0 Å². The highest BCUT2D eigenvalue weighted by molar-refractivity contribution is 5.81. The molecule has 1 heterocycles. The van der Waals surface area contributed by atoms with Crippen LogP contribution >= 0.6 is 0 Å². The third kappa shape index (κ3) is 1.52. The lowest BCUT2D eigenvalue weighted by Gasteiger charge is -2.06. The number of hydrogen-bond donors (Lipinski definition) is 2. The summed E-state index contributed by atoms with van der Waals surface area (Å²) >= 11 is 0. The number of para-hydroxylation sites is 1. The fourth-order valence-corrected chi connectivity index (χ4v) is 1.58. The van der Waals surface area contributed by atoms with E-state index in [1.165, 1.54) is 0 Å². The Bertz CT molecular complexity index is 422. The van der Waals surface area contributed by atoms with Crippen LogP contribution in [0.5, 0.6) is 0 Å². The summed E-state index contributed by atoms with van der Waals surface area (Å²) in [4.78, 5) is 0. The van der Waals surface area contributed by atoms with Crippen LogP contribution in [0.2, 0.25) is 0 Å². The van der Waals surface area contributed by atoms with Gasteiger partial charge in [-0.1, -0.05) is 18.2 Å². The molecule has 0 saturated heterocycles. The zero-order chi connectivity index (χ0) is 9.97. The lowest BCUT2D eigenvalue weighted by molar-refractivity contribution is 0.276. The van der Waals surface area contributed by atoms with Gasteiger partial charge >= 0.3 is 0 Å². The molecule has 1 aromatic carbocycles. The lowest BCUT2D eigenvalue weighted by atomic mass is 10.0. The quantitative estimate of drug-likeness (QED) is 0.777. The van der Waals surface area contributed by atoms with Gasteiger partial charge in [-0.15, -0.1) is 0 Å². The van der Waals surface area contributed by atoms with Gasteiger partial charge in [-0.2, -0.15) is 0 Å². The number of furan rings is 1. The van der Waals surface area contributed by atoms with Crippen LogP contribution in [-0.4, -0.2) is 11.7 Å². The molecule has 0 fully saturated rings. The molecule has 3 nitrogen and oxygen atoms in total. The fraction of sp³-hybridized carbons (Fsp3) is 0.273. The molecule has 74 valence electrons. The molecule has 0 aliphatic rings. The van der Waals surface area contributed by atoms with Crippen LogP contribution in [0.1, 0.15) is 18.0 Å². The summed E-state index contributed by atoms with van der Waals surface area (Å²) in [6.45, 7) is 0.0979. The van der Waals surface area contributed by atoms with Crippen LogP contribution in [0.25, 0.3) is 11.0 Å². The van der Waals surface area contributed by atoms with Crippen molar-refractivity contribution in [1.82, 2.24) is 0 Å². The van der Waals surface area contributed by atoms with E-state index in [1.807, 2.05) is 24.3 Å². The maximum Gasteiger partial charge on any atom is 0.134 e. The number of rotatable bonds is 3. The molecule has 0 aliphatic carbocycles. The Balaban J connectivity index is 2.42. The molecule has 0 spiro atoms. The van der Waals surface area contributed by atoms with Gasteiger partial charge in [0.05, 0.1) is 6.26 Å². The highest BCUT2D eigenvalue weighted by Crippen LogP contribution is 2.26. The van der Waals surface area contributed by atoms with Gasteiger partial charge in [-0.3, -0.25) is 0 Å². The third-order valence-corrected chi connectivity index (χ3v) is 2.35. The van der Waals surface area contributed by atoms with Crippen molar-refractivity contribution in [2.45, 2.75) is 12.5 Å². The second-order valence-corrected chi connectivity index (χ2v) is 3.31. The first-order valence-electron chi connectivity index (χ1n) is 4.65. The summed E-state index contributed by atoms with van der Waals surface area (Å²) in [6.07, 6.45) is 2.23. The minimum Gasteiger partial charge on any atom is -0.464 e. The van der Waals surface area contributed by atoms with Gasteiger partial charge in [0, 0.05) is 23.6 Å². The maximum atomic E-state index is 8.80. The molecule has 0 saturated carbocycles. The molecule has 0 bridgehead atoms. The van der Waals surface area contributed by atoms with Gasteiger partial charge in [0.15, 0.2) is 0 Å². The standard InChI is InChI=1S/C11H13NO2/c12-10(5-6-13)9-7-14-11-4-2-1-3-8(9)11/h1-4,7,10,13H,5-6,12H2/t10-/m1/s1. The number of fused-ring (bicyclic) bond motifs is 1. The topological polar surface area (TPSA) is 59.4 Å². The fourth-order valence-electron chi connectivity index (χ4n) is 1.58. The van der Waals surface area contributed by atoms with Gasteiger partial charge in [0.25, 0.3) is 0 Å². The van der Waals surface area contributed by atoms with Crippen LogP contribution in [0.15, 0.2) is 34.9 Å². The monoisotopic (exact) mass is 191 g/mol. The maximum absolute atomic E-state index is 8.80. The Morgan fingerprint density at radius 1 is 1.36 bits per heavy atom. The molecule has 2 rings (SSSR count). The van der Waals surface area contributed by atoms with Crippen molar-refractivity contribution in [1.29, 1.82) is 0 Å². The highest BCUT2D eigenvalue weighted by atomic mass is 16.3. The van der Waals surface area contributed by atoms with E-state index in [1.54, 1.807) is 6.26 Å². The van der Waals surface area contributed by atoms with Crippen LogP contribution < -0.4 is 5.73 Å². The average Bonchev–Trinajstić information content (AvgIpc) is 2.61. The summed E-state index contributed by atoms with van der Waals surface area (Å²) in [5.41, 5.74) is 7.71. The summed E-state index contributed by atoms with van der Waals surface area (Å²) in [5, 5.41) is 9.83. The van der Waals surface area contributed by atoms with E-state index >= 15 is 0 Å². The molecule has 14 heavy (non-hydrogen) atoms. The third-order valence-electron chi connectivity index (χ3n) is 2.35. The Morgan fingerprint density at radius 2 is 2.14 bits per heavy atom. The zero-order valence-electron chi connectivity index (χ0n) is 7.81. The van der Waals surface area contributed by atoms with Crippen molar-refractivity contribution in [3.05, 3.63) is 36.1 Å². The summed E-state index contributed by atoms with van der Waals surface area (Å²) in [5.74, 6) is 0. The van der Waals surface area contributed by atoms with E-state index in [0.717, 1.165) is 16.5 Å². The van der Waals surface area contributed by atoms with Crippen LogP contribution in [0.4, 0.5) is 0 Å². The highest BCUT2D eigenvalue weighted by Gasteiger charge is 2.11. The molecule has 3 N–H and O–H groups in total. The first kappa shape index (κ1) is 9.24. The van der Waals surface area contributed by atoms with Crippen molar-refractivity contribution in [3.63, 3.8) is 0 Å². The van der Waals surface area contributed by atoms with Crippen LogP contribution in [0.3, 0.4) is 0 Å². The van der Waals surface area contributed by atoms with Gasteiger partial charge < -0.3 is 15.3 Å². The number of aliphatic hydroxyl groups excluding tert-OH is 1. The normalized spacial score (nSPS) is 13.3. The summed E-state index contributed by atoms with van der Waals surface area (Å²) in [7, 11) is 0. The Hall–Kier alpha value is -1.32. The van der Waals surface area contributed by atoms with Gasteiger partial charge in [0.1, 0.15) is 5.58 Å².